The number of rotatable bonds is 1. The Morgan fingerprint density at radius 1 is 1.35 bits per heavy atom. The number of pyridine rings is 1. The summed E-state index contributed by atoms with van der Waals surface area (Å²) in [6, 6.07) is 2.84. The van der Waals surface area contributed by atoms with Crippen LogP contribution in [0.25, 0.3) is 0 Å². The summed E-state index contributed by atoms with van der Waals surface area (Å²) in [7, 11) is 1.23. The van der Waals surface area contributed by atoms with E-state index in [1.807, 2.05) is 0 Å². The van der Waals surface area contributed by atoms with Crippen molar-refractivity contribution in [2.45, 2.75) is 0 Å². The van der Waals surface area contributed by atoms with Crippen molar-refractivity contribution in [2.75, 3.05) is 19.4 Å². The average Bonchev–Trinajstić information content (AvgIpc) is 2.51. The number of hydrogen-bond acceptors (Lipinski definition) is 7. The fraction of sp³-hybridized carbons (Fsp3) is 0.231. The quantitative estimate of drug-likeness (QED) is 0.765. The van der Waals surface area contributed by atoms with E-state index in [1.165, 1.54) is 31.0 Å². The lowest BCUT2D eigenvalue weighted by Gasteiger charge is -2.24. The summed E-state index contributed by atoms with van der Waals surface area (Å²) in [6.45, 7) is 0.620. The van der Waals surface area contributed by atoms with Crippen molar-refractivity contribution in [3.8, 4) is 0 Å². The van der Waals surface area contributed by atoms with Crippen LogP contribution in [0, 0.1) is 0 Å². The number of nitrogens with zero attached hydrogens (tertiary/aromatic N) is 1. The van der Waals surface area contributed by atoms with Crippen LogP contribution >= 0.6 is 11.8 Å². The lowest BCUT2D eigenvalue weighted by Crippen LogP contribution is -2.35. The smallest absolute Gasteiger partial charge is 0.356 e. The van der Waals surface area contributed by atoms with Gasteiger partial charge in [0.2, 0.25) is 11.6 Å². The number of ether oxygens (including phenoxy) is 1. The van der Waals surface area contributed by atoms with E-state index >= 15 is 0 Å². The molecule has 0 atom stereocenters. The Bertz CT molecular complexity index is 681. The molecule has 1 aliphatic heterocycles. The van der Waals surface area contributed by atoms with Gasteiger partial charge in [-0.15, -0.1) is 11.8 Å². The third-order valence-electron chi connectivity index (χ3n) is 3.06. The van der Waals surface area contributed by atoms with Gasteiger partial charge in [0.15, 0.2) is 0 Å². The fourth-order valence-electron chi connectivity index (χ4n) is 2.12. The molecule has 1 aliphatic carbocycles. The first-order chi connectivity index (χ1) is 9.63. The highest BCUT2D eigenvalue weighted by molar-refractivity contribution is 8.04. The van der Waals surface area contributed by atoms with Gasteiger partial charge in [-0.25, -0.2) is 9.78 Å². The minimum Gasteiger partial charge on any atom is -0.464 e. The first-order valence-electron chi connectivity index (χ1n) is 5.93. The van der Waals surface area contributed by atoms with E-state index in [2.05, 4.69) is 15.0 Å². The topological polar surface area (TPSA) is 85.4 Å². The molecule has 0 bridgehead atoms. The van der Waals surface area contributed by atoms with E-state index in [9.17, 15) is 14.4 Å². The van der Waals surface area contributed by atoms with Crippen LogP contribution in [0.4, 0.5) is 0 Å². The third kappa shape index (κ3) is 1.82. The van der Waals surface area contributed by atoms with Crippen molar-refractivity contribution in [1.82, 2.24) is 10.3 Å². The first-order valence-corrected chi connectivity index (χ1v) is 6.91. The maximum absolute atomic E-state index is 12.4. The molecule has 2 heterocycles. The number of methoxy groups -OCH3 is 1. The Morgan fingerprint density at radius 3 is 2.90 bits per heavy atom. The zero-order chi connectivity index (χ0) is 14.3. The summed E-state index contributed by atoms with van der Waals surface area (Å²) < 4.78 is 4.57. The van der Waals surface area contributed by atoms with Crippen LogP contribution in [0.2, 0.25) is 0 Å². The van der Waals surface area contributed by atoms with Gasteiger partial charge in [0.1, 0.15) is 17.1 Å². The van der Waals surface area contributed by atoms with Gasteiger partial charge in [0, 0.05) is 12.3 Å². The van der Waals surface area contributed by atoms with Gasteiger partial charge in [-0.2, -0.15) is 0 Å². The molecule has 102 valence electrons. The van der Waals surface area contributed by atoms with E-state index in [1.54, 1.807) is 0 Å². The van der Waals surface area contributed by atoms with E-state index in [0.29, 0.717) is 11.4 Å². The normalized spacial score (nSPS) is 17.2. The number of thioether (sulfide) groups is 1. The molecule has 0 fully saturated rings. The van der Waals surface area contributed by atoms with Gasteiger partial charge in [-0.3, -0.25) is 9.59 Å². The lowest BCUT2D eigenvalue weighted by molar-refractivity contribution is 0.0593. The zero-order valence-corrected chi connectivity index (χ0v) is 11.4. The lowest BCUT2D eigenvalue weighted by atomic mass is 9.96. The average molecular weight is 290 g/mol. The van der Waals surface area contributed by atoms with E-state index in [4.69, 9.17) is 0 Å². The second-order valence-corrected chi connectivity index (χ2v) is 5.33. The molecule has 3 rings (SSSR count). The molecule has 1 N–H and O–H groups in total. The molecule has 0 unspecified atom stereocenters. The molecule has 1 aromatic rings. The Hall–Kier alpha value is -2.15. The molecular weight excluding hydrogens is 280 g/mol. The number of Topliss-reactive ketones (excluding diaryl/α,β-unsaturated/α-hetero) is 2. The Morgan fingerprint density at radius 2 is 2.15 bits per heavy atom. The predicted molar refractivity (Wildman–Crippen MR) is 71.7 cm³/mol. The molecule has 0 aromatic carbocycles. The minimum atomic E-state index is -0.640. The van der Waals surface area contributed by atoms with Crippen molar-refractivity contribution < 1.29 is 19.1 Å². The van der Waals surface area contributed by atoms with Gasteiger partial charge in [0.25, 0.3) is 0 Å². The molecule has 20 heavy (non-hydrogen) atoms. The molecule has 6 nitrogen and oxygen atoms in total. The van der Waals surface area contributed by atoms with Gasteiger partial charge < -0.3 is 10.1 Å². The summed E-state index contributed by atoms with van der Waals surface area (Å²) in [4.78, 5) is 40.5. The van der Waals surface area contributed by atoms with Crippen molar-refractivity contribution in [3.05, 3.63) is 39.7 Å². The number of nitrogens with one attached hydrogen (secondary N) is 1. The molecular formula is C13H10N2O4S. The van der Waals surface area contributed by atoms with Gasteiger partial charge >= 0.3 is 5.97 Å². The summed E-state index contributed by atoms with van der Waals surface area (Å²) in [6.07, 6.45) is 0. The largest absolute Gasteiger partial charge is 0.464 e. The van der Waals surface area contributed by atoms with Crippen LogP contribution in [0.5, 0.6) is 0 Å². The zero-order valence-electron chi connectivity index (χ0n) is 10.6. The van der Waals surface area contributed by atoms with Crippen molar-refractivity contribution >= 4 is 29.3 Å². The van der Waals surface area contributed by atoms with Crippen molar-refractivity contribution in [3.63, 3.8) is 0 Å². The van der Waals surface area contributed by atoms with Crippen LogP contribution in [0.1, 0.15) is 31.3 Å². The second kappa shape index (κ2) is 4.75. The van der Waals surface area contributed by atoms with Crippen LogP contribution < -0.4 is 5.32 Å². The highest BCUT2D eigenvalue weighted by Crippen LogP contribution is 2.33. The van der Waals surface area contributed by atoms with Crippen molar-refractivity contribution in [2.24, 2.45) is 0 Å². The first kappa shape index (κ1) is 12.9. The van der Waals surface area contributed by atoms with Crippen LogP contribution in [-0.4, -0.2) is 41.9 Å². The standard InChI is InChI=1S/C13H10N2O4S/c1-19-13(18)7-3-2-6-8(15-7)11(17)9-12(10(6)16)20-5-4-14-9/h2-3,14H,4-5H2,1H3. The maximum Gasteiger partial charge on any atom is 0.356 e. The third-order valence-corrected chi connectivity index (χ3v) is 4.15. The molecule has 2 aliphatic rings. The molecule has 0 spiro atoms. The Balaban J connectivity index is 2.13. The van der Waals surface area contributed by atoms with E-state index in [-0.39, 0.29) is 34.2 Å². The molecule has 0 amide bonds. The second-order valence-electron chi connectivity index (χ2n) is 4.22. The maximum atomic E-state index is 12.4. The van der Waals surface area contributed by atoms with Gasteiger partial charge in [-0.1, -0.05) is 0 Å². The SMILES string of the molecule is COC(=O)c1ccc2c(n1)C(=O)C1=C(SCCN1)C2=O. The summed E-state index contributed by atoms with van der Waals surface area (Å²) in [5.41, 5.74) is 0.539. The highest BCUT2D eigenvalue weighted by Gasteiger charge is 2.35. The van der Waals surface area contributed by atoms with E-state index in [0.717, 1.165) is 5.75 Å². The minimum absolute atomic E-state index is 0.00616. The predicted octanol–water partition coefficient (Wildman–Crippen LogP) is 0.795. The Kier molecular flexibility index (Phi) is 3.06. The molecule has 1 aromatic heterocycles. The molecule has 7 heteroatoms. The number of carbonyl (C=O) groups excluding carboxylic acids is 3. The number of hydrogen-bond donors (Lipinski definition) is 1. The number of allylic oxidation sites excluding steroid dienone is 2. The Labute approximate surface area is 118 Å². The number of aromatic nitrogens is 1. The molecule has 0 saturated heterocycles. The van der Waals surface area contributed by atoms with Crippen LogP contribution in [0.3, 0.4) is 0 Å². The summed E-state index contributed by atoms with van der Waals surface area (Å²) in [5, 5.41) is 2.94. The van der Waals surface area contributed by atoms with Crippen LogP contribution in [0.15, 0.2) is 22.7 Å². The molecule has 0 saturated carbocycles. The monoisotopic (exact) mass is 290 g/mol. The number of carbonyl (C=O) groups is 3. The summed E-state index contributed by atoms with van der Waals surface area (Å²) >= 11 is 1.36. The van der Waals surface area contributed by atoms with Gasteiger partial charge in [-0.05, 0) is 12.1 Å². The van der Waals surface area contributed by atoms with Crippen molar-refractivity contribution in [1.29, 1.82) is 0 Å². The van der Waals surface area contributed by atoms with Gasteiger partial charge in [0.05, 0.1) is 17.6 Å². The number of ketones is 2. The van der Waals surface area contributed by atoms with E-state index < -0.39 is 5.97 Å². The number of fused-ring (bicyclic) bond motifs is 1. The number of esters is 1. The summed E-state index contributed by atoms with van der Waals surface area (Å²) in [5.74, 6) is -0.483. The molecule has 0 radical (unpaired) electrons. The van der Waals surface area contributed by atoms with Crippen LogP contribution in [-0.2, 0) is 4.74 Å². The highest BCUT2D eigenvalue weighted by atomic mass is 32.2. The fourth-order valence-corrected chi connectivity index (χ4v) is 3.08.